The Balaban J connectivity index is 1.50. The number of aromatic nitrogens is 2. The Labute approximate surface area is 160 Å². The molecule has 4 nitrogen and oxygen atoms in total. The van der Waals surface area contributed by atoms with Crippen molar-refractivity contribution in [3.63, 3.8) is 0 Å². The van der Waals surface area contributed by atoms with Crippen molar-refractivity contribution in [2.45, 2.75) is 25.6 Å². The van der Waals surface area contributed by atoms with E-state index in [0.717, 1.165) is 23.1 Å². The van der Waals surface area contributed by atoms with Gasteiger partial charge in [0, 0.05) is 34.9 Å². The van der Waals surface area contributed by atoms with Crippen LogP contribution in [-0.4, -0.2) is 15.5 Å². The van der Waals surface area contributed by atoms with Crippen molar-refractivity contribution in [1.29, 1.82) is 0 Å². The number of Topliss-reactive ketones (excluding diaryl/α,β-unsaturated/α-hetero) is 1. The number of aliphatic hydroxyl groups is 1. The smallest absolute Gasteiger partial charge is 0.185 e. The standard InChI is InChI=1S/C21H20BrN2O2/c22-18-5-2-1-4-16(18)14-23-11-7-15(8-12-23)20(25)17-9-13-24-10-3-6-19(24)21(17)26/h1-8,10-12,17,20,25H,9,13-14H2/q+1/t17-,20-/m0/s1. The number of hydrogen-bond acceptors (Lipinski definition) is 2. The zero-order chi connectivity index (χ0) is 18.1. The van der Waals surface area contributed by atoms with Crippen LogP contribution in [0.25, 0.3) is 0 Å². The second-order valence-electron chi connectivity index (χ2n) is 6.69. The van der Waals surface area contributed by atoms with E-state index >= 15 is 0 Å². The molecule has 5 heteroatoms. The first kappa shape index (κ1) is 17.2. The van der Waals surface area contributed by atoms with Crippen LogP contribution in [0.2, 0.25) is 0 Å². The first-order valence-electron chi connectivity index (χ1n) is 8.73. The zero-order valence-electron chi connectivity index (χ0n) is 14.3. The first-order chi connectivity index (χ1) is 12.6. The van der Waals surface area contributed by atoms with Crippen molar-refractivity contribution in [2.75, 3.05) is 0 Å². The van der Waals surface area contributed by atoms with Crippen LogP contribution in [0.3, 0.4) is 0 Å². The maximum atomic E-state index is 12.6. The number of pyridine rings is 1. The van der Waals surface area contributed by atoms with Gasteiger partial charge in [0.15, 0.2) is 24.7 Å². The normalized spacial score (nSPS) is 17.8. The number of nitrogens with zero attached hydrogens (tertiary/aromatic N) is 2. The summed E-state index contributed by atoms with van der Waals surface area (Å²) in [6, 6.07) is 15.6. The molecule has 0 saturated heterocycles. The predicted molar refractivity (Wildman–Crippen MR) is 102 cm³/mol. The number of hydrogen-bond donors (Lipinski definition) is 1. The molecule has 26 heavy (non-hydrogen) atoms. The number of aliphatic hydroxyl groups excluding tert-OH is 1. The molecule has 0 amide bonds. The second-order valence-corrected chi connectivity index (χ2v) is 7.54. The number of halogens is 1. The predicted octanol–water partition coefficient (Wildman–Crippen LogP) is 3.52. The molecule has 2 atom stereocenters. The lowest BCUT2D eigenvalue weighted by molar-refractivity contribution is -0.688. The fourth-order valence-electron chi connectivity index (χ4n) is 3.56. The molecule has 1 aliphatic heterocycles. The van der Waals surface area contributed by atoms with Crippen LogP contribution in [0, 0.1) is 5.92 Å². The van der Waals surface area contributed by atoms with Gasteiger partial charge in [0.25, 0.3) is 0 Å². The van der Waals surface area contributed by atoms with Crippen LogP contribution in [-0.2, 0) is 13.1 Å². The fraction of sp³-hybridized carbons (Fsp3) is 0.238. The molecule has 0 radical (unpaired) electrons. The Hall–Kier alpha value is -2.24. The van der Waals surface area contributed by atoms with Gasteiger partial charge in [-0.05, 0) is 30.2 Å². The van der Waals surface area contributed by atoms with E-state index in [9.17, 15) is 9.90 Å². The summed E-state index contributed by atoms with van der Waals surface area (Å²) in [6.07, 6.45) is 5.71. The Morgan fingerprint density at radius 3 is 2.69 bits per heavy atom. The molecular formula is C21H20BrN2O2+. The number of fused-ring (bicyclic) bond motifs is 1. The summed E-state index contributed by atoms with van der Waals surface area (Å²) in [4.78, 5) is 12.6. The van der Waals surface area contributed by atoms with Crippen LogP contribution in [0.1, 0.15) is 34.1 Å². The van der Waals surface area contributed by atoms with Crippen LogP contribution < -0.4 is 4.57 Å². The third kappa shape index (κ3) is 3.24. The molecule has 132 valence electrons. The molecule has 0 bridgehead atoms. The maximum Gasteiger partial charge on any atom is 0.185 e. The molecule has 2 aromatic heterocycles. The van der Waals surface area contributed by atoms with E-state index in [0.29, 0.717) is 12.1 Å². The van der Waals surface area contributed by atoms with E-state index in [1.165, 1.54) is 5.56 Å². The van der Waals surface area contributed by atoms with Gasteiger partial charge in [-0.2, -0.15) is 0 Å². The third-order valence-corrected chi connectivity index (χ3v) is 5.82. The maximum absolute atomic E-state index is 12.6. The summed E-state index contributed by atoms with van der Waals surface area (Å²) in [7, 11) is 0. The van der Waals surface area contributed by atoms with Crippen molar-refractivity contribution in [3.05, 3.63) is 88.4 Å². The average molecular weight is 412 g/mol. The number of aryl methyl sites for hydroxylation is 1. The summed E-state index contributed by atoms with van der Waals surface area (Å²) < 4.78 is 5.10. The molecule has 0 saturated carbocycles. The van der Waals surface area contributed by atoms with Gasteiger partial charge in [-0.3, -0.25) is 4.79 Å². The van der Waals surface area contributed by atoms with Gasteiger partial charge in [-0.1, -0.05) is 34.1 Å². The summed E-state index contributed by atoms with van der Waals surface area (Å²) in [6.45, 7) is 1.51. The van der Waals surface area contributed by atoms with Crippen LogP contribution in [0.4, 0.5) is 0 Å². The van der Waals surface area contributed by atoms with Gasteiger partial charge in [0.05, 0.1) is 17.7 Å². The minimum atomic E-state index is -0.774. The van der Waals surface area contributed by atoms with E-state index in [4.69, 9.17) is 0 Å². The molecule has 0 aliphatic carbocycles. The van der Waals surface area contributed by atoms with Gasteiger partial charge in [0.1, 0.15) is 0 Å². The first-order valence-corrected chi connectivity index (χ1v) is 9.52. The van der Waals surface area contributed by atoms with E-state index in [1.807, 2.05) is 65.6 Å². The van der Waals surface area contributed by atoms with Crippen molar-refractivity contribution < 1.29 is 14.5 Å². The molecule has 1 aliphatic rings. The zero-order valence-corrected chi connectivity index (χ0v) is 15.8. The molecule has 0 spiro atoms. The number of benzene rings is 1. The largest absolute Gasteiger partial charge is 0.388 e. The highest BCUT2D eigenvalue weighted by Gasteiger charge is 2.33. The number of carbonyl (C=O) groups excluding carboxylic acids is 1. The number of ketones is 1. The second kappa shape index (κ2) is 7.17. The highest BCUT2D eigenvalue weighted by Crippen LogP contribution is 2.31. The average Bonchev–Trinajstić information content (AvgIpc) is 3.14. The van der Waals surface area contributed by atoms with Crippen LogP contribution in [0.15, 0.2) is 71.6 Å². The summed E-state index contributed by atoms with van der Waals surface area (Å²) in [5, 5.41) is 10.8. The topological polar surface area (TPSA) is 46.1 Å². The summed E-state index contributed by atoms with van der Waals surface area (Å²) >= 11 is 3.57. The van der Waals surface area contributed by atoms with Gasteiger partial charge < -0.3 is 9.67 Å². The van der Waals surface area contributed by atoms with Crippen molar-refractivity contribution >= 4 is 21.7 Å². The summed E-state index contributed by atoms with van der Waals surface area (Å²) in [5.41, 5.74) is 2.67. The van der Waals surface area contributed by atoms with Gasteiger partial charge in [-0.15, -0.1) is 0 Å². The van der Waals surface area contributed by atoms with E-state index in [-0.39, 0.29) is 11.7 Å². The molecule has 4 rings (SSSR count). The van der Waals surface area contributed by atoms with Crippen LogP contribution in [0.5, 0.6) is 0 Å². The molecule has 3 aromatic rings. The molecule has 0 unspecified atom stereocenters. The van der Waals surface area contributed by atoms with E-state index in [2.05, 4.69) is 26.6 Å². The molecule has 1 N–H and O–H groups in total. The molecule has 1 aromatic carbocycles. The van der Waals surface area contributed by atoms with Gasteiger partial charge in [-0.25, -0.2) is 4.57 Å². The SMILES string of the molecule is O=C1c2cccn2CC[C@H]1[C@@H](O)c1cc[n+](Cc2ccccc2Br)cc1. The molecule has 3 heterocycles. The van der Waals surface area contributed by atoms with Crippen molar-refractivity contribution in [1.82, 2.24) is 4.57 Å². The lowest BCUT2D eigenvalue weighted by atomic mass is 9.86. The minimum Gasteiger partial charge on any atom is -0.388 e. The van der Waals surface area contributed by atoms with Gasteiger partial charge in [0.2, 0.25) is 0 Å². The number of carbonyl (C=O) groups is 1. The van der Waals surface area contributed by atoms with Gasteiger partial charge >= 0.3 is 0 Å². The molecule has 0 fully saturated rings. The van der Waals surface area contributed by atoms with E-state index in [1.54, 1.807) is 0 Å². The van der Waals surface area contributed by atoms with E-state index < -0.39 is 6.10 Å². The summed E-state index contributed by atoms with van der Waals surface area (Å²) in [5.74, 6) is -0.352. The highest BCUT2D eigenvalue weighted by atomic mass is 79.9. The van der Waals surface area contributed by atoms with Crippen molar-refractivity contribution in [3.8, 4) is 0 Å². The third-order valence-electron chi connectivity index (χ3n) is 5.05. The van der Waals surface area contributed by atoms with Crippen LogP contribution >= 0.6 is 15.9 Å². The Bertz CT molecular complexity index is 933. The quantitative estimate of drug-likeness (QED) is 0.667. The monoisotopic (exact) mass is 411 g/mol. The highest BCUT2D eigenvalue weighted by molar-refractivity contribution is 9.10. The lowest BCUT2D eigenvalue weighted by Gasteiger charge is -2.27. The Morgan fingerprint density at radius 2 is 1.92 bits per heavy atom. The molecular weight excluding hydrogens is 392 g/mol. The minimum absolute atomic E-state index is 0.0266. The lowest BCUT2D eigenvalue weighted by Crippen LogP contribution is -2.34. The van der Waals surface area contributed by atoms with Crippen molar-refractivity contribution in [2.24, 2.45) is 5.92 Å². The Morgan fingerprint density at radius 1 is 1.15 bits per heavy atom. The number of rotatable bonds is 4. The fourth-order valence-corrected chi connectivity index (χ4v) is 3.97. The Kier molecular flexibility index (Phi) is 4.74.